The number of ether oxygens (including phenoxy) is 1. The lowest BCUT2D eigenvalue weighted by Gasteiger charge is -2.05. The maximum absolute atomic E-state index is 12.7. The first-order valence-corrected chi connectivity index (χ1v) is 8.06. The fraction of sp³-hybridized carbons (Fsp3) is 0.125. The summed E-state index contributed by atoms with van der Waals surface area (Å²) < 4.78 is 18.0. The molecule has 0 radical (unpaired) electrons. The summed E-state index contributed by atoms with van der Waals surface area (Å²) in [5.74, 6) is 0.518. The smallest absolute Gasteiger partial charge is 0.225 e. The van der Waals surface area contributed by atoms with E-state index >= 15 is 0 Å². The summed E-state index contributed by atoms with van der Waals surface area (Å²) in [5.41, 5.74) is 1.48. The summed E-state index contributed by atoms with van der Waals surface area (Å²) >= 11 is 16.6. The molecule has 25 heavy (non-hydrogen) atoms. The summed E-state index contributed by atoms with van der Waals surface area (Å²) in [4.78, 5) is 15.3. The van der Waals surface area contributed by atoms with Crippen molar-refractivity contribution in [1.82, 2.24) is 19.9 Å². The second kappa shape index (κ2) is 8.89. The SMILES string of the molecule is Cc1cc(Cl)nc(Cl)n1.Cc1cc(Oc2ccc(F)cc2)nc(Cl)n1. The Morgan fingerprint density at radius 2 is 1.36 bits per heavy atom. The summed E-state index contributed by atoms with van der Waals surface area (Å²) in [7, 11) is 0. The Kier molecular flexibility index (Phi) is 6.87. The van der Waals surface area contributed by atoms with Crippen LogP contribution >= 0.6 is 34.8 Å². The fourth-order valence-electron chi connectivity index (χ4n) is 1.68. The first-order valence-electron chi connectivity index (χ1n) is 6.93. The zero-order valence-corrected chi connectivity index (χ0v) is 15.4. The quantitative estimate of drug-likeness (QED) is 0.421. The highest BCUT2D eigenvalue weighted by molar-refractivity contribution is 6.31. The van der Waals surface area contributed by atoms with E-state index in [0.717, 1.165) is 5.69 Å². The topological polar surface area (TPSA) is 60.8 Å². The predicted molar refractivity (Wildman–Crippen MR) is 95.0 cm³/mol. The van der Waals surface area contributed by atoms with Gasteiger partial charge in [0.15, 0.2) is 0 Å². The fourth-order valence-corrected chi connectivity index (χ4v) is 2.40. The molecule has 0 N–H and O–H groups in total. The van der Waals surface area contributed by atoms with E-state index in [1.54, 1.807) is 26.0 Å². The zero-order valence-electron chi connectivity index (χ0n) is 13.2. The number of benzene rings is 1. The highest BCUT2D eigenvalue weighted by atomic mass is 35.5. The average molecular weight is 402 g/mol. The Bertz CT molecular complexity index is 792. The van der Waals surface area contributed by atoms with Crippen molar-refractivity contribution in [2.75, 3.05) is 0 Å². The molecule has 0 aliphatic rings. The standard InChI is InChI=1S/C11H8ClFN2O.C5H4Cl2N2/c1-7-6-10(15-11(12)14-7)16-9-4-2-8(13)3-5-9;1-3-2-4(6)9-5(7)8-3/h2-6H,1H3;2H,1H3. The van der Waals surface area contributed by atoms with Crippen LogP contribution in [0.1, 0.15) is 11.4 Å². The van der Waals surface area contributed by atoms with E-state index in [1.165, 1.54) is 24.3 Å². The van der Waals surface area contributed by atoms with Crippen molar-refractivity contribution in [3.63, 3.8) is 0 Å². The molecule has 5 nitrogen and oxygen atoms in total. The van der Waals surface area contributed by atoms with E-state index < -0.39 is 0 Å². The average Bonchev–Trinajstić information content (AvgIpc) is 2.48. The minimum Gasteiger partial charge on any atom is -0.439 e. The van der Waals surface area contributed by atoms with E-state index in [-0.39, 0.29) is 16.4 Å². The van der Waals surface area contributed by atoms with Gasteiger partial charge in [0.2, 0.25) is 16.4 Å². The highest BCUT2D eigenvalue weighted by Crippen LogP contribution is 2.21. The van der Waals surface area contributed by atoms with Crippen molar-refractivity contribution in [3.05, 3.63) is 69.3 Å². The van der Waals surface area contributed by atoms with Gasteiger partial charge in [-0.05, 0) is 67.4 Å². The monoisotopic (exact) mass is 400 g/mol. The Morgan fingerprint density at radius 3 is 1.88 bits per heavy atom. The maximum Gasteiger partial charge on any atom is 0.225 e. The van der Waals surface area contributed by atoms with Crippen molar-refractivity contribution in [2.45, 2.75) is 13.8 Å². The molecule has 0 unspecified atom stereocenters. The van der Waals surface area contributed by atoms with Gasteiger partial charge in [-0.25, -0.2) is 19.3 Å². The van der Waals surface area contributed by atoms with Gasteiger partial charge in [0.25, 0.3) is 0 Å². The van der Waals surface area contributed by atoms with Crippen molar-refractivity contribution in [2.24, 2.45) is 0 Å². The third-order valence-electron chi connectivity index (χ3n) is 2.64. The third kappa shape index (κ3) is 6.78. The number of aryl methyl sites for hydroxylation is 2. The van der Waals surface area contributed by atoms with Gasteiger partial charge in [-0.1, -0.05) is 11.6 Å². The lowest BCUT2D eigenvalue weighted by molar-refractivity contribution is 0.459. The first-order chi connectivity index (χ1) is 11.8. The van der Waals surface area contributed by atoms with E-state index in [9.17, 15) is 4.39 Å². The van der Waals surface area contributed by atoms with Crippen LogP contribution in [0, 0.1) is 19.7 Å². The zero-order chi connectivity index (χ0) is 18.4. The molecule has 0 amide bonds. The van der Waals surface area contributed by atoms with Crippen LogP contribution in [0.25, 0.3) is 0 Å². The van der Waals surface area contributed by atoms with Gasteiger partial charge in [-0.15, -0.1) is 0 Å². The molecule has 0 saturated carbocycles. The van der Waals surface area contributed by atoms with E-state index in [2.05, 4.69) is 19.9 Å². The second-order valence-electron chi connectivity index (χ2n) is 4.77. The van der Waals surface area contributed by atoms with E-state index in [0.29, 0.717) is 22.5 Å². The first kappa shape index (κ1) is 19.3. The Hall–Kier alpha value is -2.02. The van der Waals surface area contributed by atoms with Crippen molar-refractivity contribution in [3.8, 4) is 11.6 Å². The van der Waals surface area contributed by atoms with Crippen LogP contribution in [0.15, 0.2) is 36.4 Å². The van der Waals surface area contributed by atoms with Gasteiger partial charge in [0, 0.05) is 17.5 Å². The summed E-state index contributed by atoms with van der Waals surface area (Å²) in [6, 6.07) is 8.94. The number of hydrogen-bond donors (Lipinski definition) is 0. The predicted octanol–water partition coefficient (Wildman–Crippen LogP) is 5.46. The molecule has 1 aromatic carbocycles. The molecule has 0 bridgehead atoms. The molecule has 0 saturated heterocycles. The van der Waals surface area contributed by atoms with Crippen molar-refractivity contribution >= 4 is 34.8 Å². The van der Waals surface area contributed by atoms with Crippen molar-refractivity contribution in [1.29, 1.82) is 0 Å². The lowest BCUT2D eigenvalue weighted by atomic mass is 10.3. The van der Waals surface area contributed by atoms with Crippen LogP contribution < -0.4 is 4.74 Å². The van der Waals surface area contributed by atoms with Gasteiger partial charge < -0.3 is 4.74 Å². The normalized spacial score (nSPS) is 10.0. The Morgan fingerprint density at radius 1 is 0.800 bits per heavy atom. The molecular formula is C16H12Cl3FN4O. The molecule has 0 spiro atoms. The number of rotatable bonds is 2. The molecule has 3 rings (SSSR count). The third-order valence-corrected chi connectivity index (χ3v) is 3.17. The van der Waals surface area contributed by atoms with Gasteiger partial charge in [-0.3, -0.25) is 0 Å². The van der Waals surface area contributed by atoms with Crippen LogP contribution in [0.3, 0.4) is 0 Å². The summed E-state index contributed by atoms with van der Waals surface area (Å²) in [6.07, 6.45) is 0. The van der Waals surface area contributed by atoms with Gasteiger partial charge in [-0.2, -0.15) is 4.98 Å². The molecule has 9 heteroatoms. The van der Waals surface area contributed by atoms with Crippen LogP contribution in [-0.2, 0) is 0 Å². The molecular weight excluding hydrogens is 390 g/mol. The van der Waals surface area contributed by atoms with Gasteiger partial charge in [0.1, 0.15) is 16.7 Å². The van der Waals surface area contributed by atoms with E-state index in [4.69, 9.17) is 39.5 Å². The molecule has 0 aliphatic heterocycles. The van der Waals surface area contributed by atoms with E-state index in [1.807, 2.05) is 0 Å². The molecule has 0 fully saturated rings. The van der Waals surface area contributed by atoms with Gasteiger partial charge in [0.05, 0.1) is 0 Å². The molecule has 0 aliphatic carbocycles. The number of hydrogen-bond acceptors (Lipinski definition) is 5. The maximum atomic E-state index is 12.7. The largest absolute Gasteiger partial charge is 0.439 e. The molecule has 0 atom stereocenters. The molecule has 2 aromatic heterocycles. The Labute approximate surface area is 158 Å². The number of halogens is 4. The molecule has 130 valence electrons. The minimum atomic E-state index is -0.316. The second-order valence-corrected chi connectivity index (χ2v) is 5.84. The lowest BCUT2D eigenvalue weighted by Crippen LogP contribution is -1.92. The minimum absolute atomic E-state index is 0.122. The van der Waals surface area contributed by atoms with Crippen LogP contribution in [0.5, 0.6) is 11.6 Å². The Balaban J connectivity index is 0.000000212. The number of nitrogens with zero attached hydrogens (tertiary/aromatic N) is 4. The van der Waals surface area contributed by atoms with Crippen LogP contribution in [0.2, 0.25) is 15.7 Å². The van der Waals surface area contributed by atoms with Crippen molar-refractivity contribution < 1.29 is 9.13 Å². The van der Waals surface area contributed by atoms with Crippen LogP contribution in [0.4, 0.5) is 4.39 Å². The summed E-state index contributed by atoms with van der Waals surface area (Å²) in [6.45, 7) is 3.59. The molecule has 3 aromatic rings. The summed E-state index contributed by atoms with van der Waals surface area (Å²) in [5, 5.41) is 0.699. The molecule has 2 heterocycles. The van der Waals surface area contributed by atoms with Gasteiger partial charge >= 0.3 is 0 Å². The van der Waals surface area contributed by atoms with Crippen LogP contribution in [-0.4, -0.2) is 19.9 Å². The number of aromatic nitrogens is 4. The highest BCUT2D eigenvalue weighted by Gasteiger charge is 2.02.